The second-order valence-electron chi connectivity index (χ2n) is 5.46. The predicted octanol–water partition coefficient (Wildman–Crippen LogP) is 0.510. The lowest BCUT2D eigenvalue weighted by molar-refractivity contribution is -0.124. The molecule has 0 aromatic carbocycles. The van der Waals surface area contributed by atoms with Crippen molar-refractivity contribution in [2.24, 2.45) is 5.92 Å². The van der Waals surface area contributed by atoms with Gasteiger partial charge in [-0.3, -0.25) is 9.78 Å². The highest BCUT2D eigenvalue weighted by atomic mass is 32.2. The van der Waals surface area contributed by atoms with Crippen LogP contribution in [-0.2, 0) is 14.8 Å². The monoisotopic (exact) mass is 313 g/mol. The van der Waals surface area contributed by atoms with Gasteiger partial charge in [0.2, 0.25) is 15.9 Å². The number of nitrogens with one attached hydrogen (secondary N) is 1. The summed E-state index contributed by atoms with van der Waals surface area (Å²) in [4.78, 5) is 14.8. The molecule has 0 aliphatic carbocycles. The molecule has 8 heteroatoms. The molecule has 3 heterocycles. The fraction of sp³-hybridized carbons (Fsp3) is 0.538. The van der Waals surface area contributed by atoms with Crippen LogP contribution >= 0.6 is 0 Å². The molecule has 6 nitrogen and oxygen atoms in total. The van der Waals surface area contributed by atoms with Gasteiger partial charge in [-0.05, 0) is 24.8 Å². The maximum atomic E-state index is 13.2. The summed E-state index contributed by atoms with van der Waals surface area (Å²) in [5.41, 5.74) is 0. The van der Waals surface area contributed by atoms with E-state index in [1.165, 1.54) is 4.31 Å². The minimum Gasteiger partial charge on any atom is -0.353 e. The number of rotatable bonds is 2. The molecule has 2 unspecified atom stereocenters. The molecule has 1 N–H and O–H groups in total. The van der Waals surface area contributed by atoms with E-state index in [9.17, 15) is 17.6 Å². The molecule has 0 radical (unpaired) electrons. The van der Waals surface area contributed by atoms with Gasteiger partial charge in [-0.15, -0.1) is 0 Å². The molecular formula is C13H16FN3O3S. The quantitative estimate of drug-likeness (QED) is 0.863. The van der Waals surface area contributed by atoms with E-state index in [0.29, 0.717) is 32.4 Å². The first-order valence-corrected chi connectivity index (χ1v) is 8.31. The number of fused-ring (bicyclic) bond motifs is 1. The van der Waals surface area contributed by atoms with Crippen LogP contribution in [0.3, 0.4) is 0 Å². The standard InChI is InChI=1S/C13H16FN3O3S/c14-10-5-11(7-15-6-10)21(19,20)17-4-3-12-9(8-17)1-2-13(18)16-12/h5-7,9,12H,1-4,8H2,(H,16,18). The molecule has 0 saturated carbocycles. The topological polar surface area (TPSA) is 79.4 Å². The van der Waals surface area contributed by atoms with Crippen molar-refractivity contribution in [1.82, 2.24) is 14.6 Å². The number of hydrogen-bond donors (Lipinski definition) is 1. The van der Waals surface area contributed by atoms with Gasteiger partial charge in [0.05, 0.1) is 6.20 Å². The molecule has 1 aromatic rings. The maximum Gasteiger partial charge on any atom is 0.244 e. The third-order valence-electron chi connectivity index (χ3n) is 4.10. The van der Waals surface area contributed by atoms with Crippen LogP contribution in [0, 0.1) is 11.7 Å². The number of amides is 1. The normalized spacial score (nSPS) is 27.0. The molecule has 2 aliphatic heterocycles. The summed E-state index contributed by atoms with van der Waals surface area (Å²) in [5, 5.41) is 2.91. The van der Waals surface area contributed by atoms with Crippen molar-refractivity contribution in [3.05, 3.63) is 24.3 Å². The SMILES string of the molecule is O=C1CCC2CN(S(=O)(=O)c3cncc(F)c3)CCC2N1. The third-order valence-corrected chi connectivity index (χ3v) is 5.93. The van der Waals surface area contributed by atoms with Crippen molar-refractivity contribution >= 4 is 15.9 Å². The van der Waals surface area contributed by atoms with Crippen molar-refractivity contribution in [3.63, 3.8) is 0 Å². The first kappa shape index (κ1) is 14.4. The van der Waals surface area contributed by atoms with Gasteiger partial charge < -0.3 is 5.32 Å². The van der Waals surface area contributed by atoms with Crippen LogP contribution in [0.15, 0.2) is 23.4 Å². The molecule has 0 spiro atoms. The second kappa shape index (κ2) is 5.34. The summed E-state index contributed by atoms with van der Waals surface area (Å²) < 4.78 is 39.6. The summed E-state index contributed by atoms with van der Waals surface area (Å²) in [6, 6.07) is 1.03. The average Bonchev–Trinajstić information content (AvgIpc) is 2.46. The van der Waals surface area contributed by atoms with Crippen molar-refractivity contribution < 1.29 is 17.6 Å². The van der Waals surface area contributed by atoms with Crippen molar-refractivity contribution in [3.8, 4) is 0 Å². The van der Waals surface area contributed by atoms with Crippen molar-refractivity contribution in [2.75, 3.05) is 13.1 Å². The summed E-state index contributed by atoms with van der Waals surface area (Å²) in [6.45, 7) is 0.671. The molecule has 114 valence electrons. The average molecular weight is 313 g/mol. The molecule has 2 aliphatic rings. The van der Waals surface area contributed by atoms with E-state index in [4.69, 9.17) is 0 Å². The van der Waals surface area contributed by atoms with E-state index in [1.54, 1.807) is 0 Å². The zero-order chi connectivity index (χ0) is 15.0. The number of aromatic nitrogens is 1. The van der Waals surface area contributed by atoms with Crippen molar-refractivity contribution in [1.29, 1.82) is 0 Å². The Labute approximate surface area is 122 Å². The van der Waals surface area contributed by atoms with E-state index >= 15 is 0 Å². The van der Waals surface area contributed by atoms with Gasteiger partial charge in [-0.2, -0.15) is 4.31 Å². The minimum atomic E-state index is -3.73. The van der Waals surface area contributed by atoms with Gasteiger partial charge >= 0.3 is 0 Å². The molecule has 21 heavy (non-hydrogen) atoms. The highest BCUT2D eigenvalue weighted by molar-refractivity contribution is 7.89. The Morgan fingerprint density at radius 3 is 2.90 bits per heavy atom. The van der Waals surface area contributed by atoms with Gasteiger partial charge in [-0.1, -0.05) is 0 Å². The van der Waals surface area contributed by atoms with Gasteiger partial charge in [0.1, 0.15) is 10.7 Å². The first-order valence-electron chi connectivity index (χ1n) is 6.87. The van der Waals surface area contributed by atoms with Crippen LogP contribution in [0.5, 0.6) is 0 Å². The fourth-order valence-electron chi connectivity index (χ4n) is 2.98. The lowest BCUT2D eigenvalue weighted by atomic mass is 9.86. The molecule has 2 fully saturated rings. The fourth-order valence-corrected chi connectivity index (χ4v) is 4.46. The summed E-state index contributed by atoms with van der Waals surface area (Å²) >= 11 is 0. The molecular weight excluding hydrogens is 297 g/mol. The van der Waals surface area contributed by atoms with Crippen LogP contribution in [-0.4, -0.2) is 42.7 Å². The van der Waals surface area contributed by atoms with Crippen LogP contribution in [0.1, 0.15) is 19.3 Å². The number of hydrogen-bond acceptors (Lipinski definition) is 4. The molecule has 3 rings (SSSR count). The Morgan fingerprint density at radius 1 is 1.33 bits per heavy atom. The van der Waals surface area contributed by atoms with E-state index in [1.807, 2.05) is 0 Å². The smallest absolute Gasteiger partial charge is 0.244 e. The number of nitrogens with zero attached hydrogens (tertiary/aromatic N) is 2. The maximum absolute atomic E-state index is 13.2. The van der Waals surface area contributed by atoms with Gasteiger partial charge in [-0.25, -0.2) is 12.8 Å². The first-order chi connectivity index (χ1) is 9.96. The predicted molar refractivity (Wildman–Crippen MR) is 72.2 cm³/mol. The largest absolute Gasteiger partial charge is 0.353 e. The van der Waals surface area contributed by atoms with Crippen LogP contribution in [0.25, 0.3) is 0 Å². The second-order valence-corrected chi connectivity index (χ2v) is 7.40. The number of piperidine rings is 2. The zero-order valence-corrected chi connectivity index (χ0v) is 12.1. The van der Waals surface area contributed by atoms with Gasteiger partial charge in [0.25, 0.3) is 0 Å². The molecule has 1 amide bonds. The number of pyridine rings is 1. The van der Waals surface area contributed by atoms with Gasteiger partial charge in [0, 0.05) is 31.7 Å². The van der Waals surface area contributed by atoms with Crippen LogP contribution < -0.4 is 5.32 Å². The van der Waals surface area contributed by atoms with Crippen LogP contribution in [0.2, 0.25) is 0 Å². The highest BCUT2D eigenvalue weighted by Gasteiger charge is 2.38. The Bertz CT molecular complexity index is 664. The zero-order valence-electron chi connectivity index (χ0n) is 11.3. The van der Waals surface area contributed by atoms with E-state index in [0.717, 1.165) is 18.5 Å². The van der Waals surface area contributed by atoms with E-state index in [-0.39, 0.29) is 22.8 Å². The van der Waals surface area contributed by atoms with Crippen LogP contribution in [0.4, 0.5) is 4.39 Å². The summed E-state index contributed by atoms with van der Waals surface area (Å²) in [6.07, 6.45) is 3.83. The Hall–Kier alpha value is -1.54. The molecule has 2 atom stereocenters. The molecule has 2 saturated heterocycles. The lowest BCUT2D eigenvalue weighted by Crippen LogP contribution is -2.55. The summed E-state index contributed by atoms with van der Waals surface area (Å²) in [5.74, 6) is -0.523. The summed E-state index contributed by atoms with van der Waals surface area (Å²) in [7, 11) is -3.73. The van der Waals surface area contributed by atoms with E-state index < -0.39 is 15.8 Å². The Morgan fingerprint density at radius 2 is 2.14 bits per heavy atom. The Kier molecular flexibility index (Phi) is 3.66. The number of halogens is 1. The third kappa shape index (κ3) is 2.77. The number of sulfonamides is 1. The van der Waals surface area contributed by atoms with E-state index in [2.05, 4.69) is 10.3 Å². The molecule has 0 bridgehead atoms. The number of carbonyl (C=O) groups excluding carboxylic acids is 1. The van der Waals surface area contributed by atoms with Gasteiger partial charge in [0.15, 0.2) is 0 Å². The molecule has 1 aromatic heterocycles. The van der Waals surface area contributed by atoms with Crippen molar-refractivity contribution in [2.45, 2.75) is 30.2 Å². The highest BCUT2D eigenvalue weighted by Crippen LogP contribution is 2.28. The Balaban J connectivity index is 1.80. The number of carbonyl (C=O) groups is 1. The lowest BCUT2D eigenvalue weighted by Gasteiger charge is -2.40. The minimum absolute atomic E-state index is 0.0295.